The summed E-state index contributed by atoms with van der Waals surface area (Å²) in [5.74, 6) is 1.69. The second-order valence-electron chi connectivity index (χ2n) is 3.21. The van der Waals surface area contributed by atoms with Crippen LogP contribution in [0.15, 0.2) is 36.5 Å². The normalized spacial score (nSPS) is 10.1. The van der Waals surface area contributed by atoms with Crippen molar-refractivity contribution in [3.8, 4) is 17.4 Å². The van der Waals surface area contributed by atoms with Gasteiger partial charge in [0, 0.05) is 26.9 Å². The highest BCUT2D eigenvalue weighted by Crippen LogP contribution is 2.32. The van der Waals surface area contributed by atoms with Gasteiger partial charge < -0.3 is 9.47 Å². The topological polar surface area (TPSA) is 31.4 Å². The molecule has 0 spiro atoms. The van der Waals surface area contributed by atoms with Gasteiger partial charge in [-0.25, -0.2) is 4.98 Å². The molecule has 1 heterocycles. The Kier molecular flexibility index (Phi) is 4.06. The second kappa shape index (κ2) is 5.55. The summed E-state index contributed by atoms with van der Waals surface area (Å²) in [6.45, 7) is 0. The minimum Gasteiger partial charge on any atom is -0.493 e. The lowest BCUT2D eigenvalue weighted by molar-refractivity contribution is 0.374. The molecule has 0 saturated heterocycles. The van der Waals surface area contributed by atoms with E-state index in [2.05, 4.69) is 27.6 Å². The van der Waals surface area contributed by atoms with Gasteiger partial charge in [-0.05, 0) is 40.8 Å². The fraction of sp³-hybridized carbons (Fsp3) is 0.0833. The molecule has 0 aliphatic rings. The van der Waals surface area contributed by atoms with Crippen LogP contribution in [0.25, 0.3) is 0 Å². The van der Waals surface area contributed by atoms with Crippen LogP contribution in [0, 0.1) is 3.57 Å². The first-order valence-electron chi connectivity index (χ1n) is 4.82. The maximum atomic E-state index is 5.87. The standard InChI is InChI=1S/C12H9ClINO2/c1-16-11-6-8(13)2-4-10(11)17-12-5-3-9(14)7-15-12/h2-7H,1H3. The van der Waals surface area contributed by atoms with Gasteiger partial charge >= 0.3 is 0 Å². The molecule has 1 aromatic heterocycles. The Morgan fingerprint density at radius 3 is 2.65 bits per heavy atom. The average molecular weight is 362 g/mol. The zero-order valence-corrected chi connectivity index (χ0v) is 11.9. The largest absolute Gasteiger partial charge is 0.493 e. The van der Waals surface area contributed by atoms with Gasteiger partial charge in [-0.3, -0.25) is 0 Å². The summed E-state index contributed by atoms with van der Waals surface area (Å²) in [6, 6.07) is 8.91. The molecule has 0 aliphatic heterocycles. The Labute approximate surface area is 118 Å². The molecule has 0 amide bonds. The Balaban J connectivity index is 2.26. The Hall–Kier alpha value is -1.01. The predicted molar refractivity (Wildman–Crippen MR) is 75.0 cm³/mol. The fourth-order valence-electron chi connectivity index (χ4n) is 1.26. The summed E-state index contributed by atoms with van der Waals surface area (Å²) in [4.78, 5) is 4.15. The third-order valence-corrected chi connectivity index (χ3v) is 2.91. The second-order valence-corrected chi connectivity index (χ2v) is 4.89. The predicted octanol–water partition coefficient (Wildman–Crippen LogP) is 4.14. The molecule has 0 bridgehead atoms. The molecule has 1 aromatic carbocycles. The quantitative estimate of drug-likeness (QED) is 0.770. The van der Waals surface area contributed by atoms with Gasteiger partial charge in [0.2, 0.25) is 5.88 Å². The van der Waals surface area contributed by atoms with Gasteiger partial charge in [0.05, 0.1) is 7.11 Å². The molecule has 0 saturated carbocycles. The monoisotopic (exact) mass is 361 g/mol. The van der Waals surface area contributed by atoms with Crippen molar-refractivity contribution in [3.63, 3.8) is 0 Å². The number of hydrogen-bond donors (Lipinski definition) is 0. The first kappa shape index (κ1) is 12.4. The van der Waals surface area contributed by atoms with Crippen molar-refractivity contribution in [3.05, 3.63) is 45.1 Å². The molecule has 88 valence electrons. The van der Waals surface area contributed by atoms with E-state index in [0.717, 1.165) is 3.57 Å². The van der Waals surface area contributed by atoms with Crippen LogP contribution in [-0.2, 0) is 0 Å². The van der Waals surface area contributed by atoms with Crippen LogP contribution in [0.5, 0.6) is 17.4 Å². The van der Waals surface area contributed by atoms with Crippen LogP contribution < -0.4 is 9.47 Å². The van der Waals surface area contributed by atoms with Gasteiger partial charge in [0.15, 0.2) is 11.5 Å². The van der Waals surface area contributed by atoms with E-state index < -0.39 is 0 Å². The average Bonchev–Trinajstić information content (AvgIpc) is 2.34. The van der Waals surface area contributed by atoms with E-state index in [-0.39, 0.29) is 0 Å². The molecule has 2 rings (SSSR count). The minimum atomic E-state index is 0.519. The molecule has 5 heteroatoms. The van der Waals surface area contributed by atoms with Gasteiger partial charge in [-0.1, -0.05) is 11.6 Å². The summed E-state index contributed by atoms with van der Waals surface area (Å²) in [6.07, 6.45) is 1.73. The molecule has 0 fully saturated rings. The molecule has 17 heavy (non-hydrogen) atoms. The lowest BCUT2D eigenvalue weighted by Gasteiger charge is -2.09. The molecular weight excluding hydrogens is 352 g/mol. The van der Waals surface area contributed by atoms with Crippen molar-refractivity contribution < 1.29 is 9.47 Å². The zero-order valence-electron chi connectivity index (χ0n) is 8.98. The van der Waals surface area contributed by atoms with Crippen LogP contribution in [0.1, 0.15) is 0 Å². The summed E-state index contributed by atoms with van der Waals surface area (Å²) >= 11 is 8.05. The van der Waals surface area contributed by atoms with E-state index in [4.69, 9.17) is 21.1 Å². The molecule has 0 atom stereocenters. The van der Waals surface area contributed by atoms with E-state index in [1.807, 2.05) is 6.07 Å². The number of aromatic nitrogens is 1. The SMILES string of the molecule is COc1cc(Cl)ccc1Oc1ccc(I)cn1. The van der Waals surface area contributed by atoms with Crippen molar-refractivity contribution in [1.29, 1.82) is 0 Å². The van der Waals surface area contributed by atoms with Crippen LogP contribution in [-0.4, -0.2) is 12.1 Å². The summed E-state index contributed by atoms with van der Waals surface area (Å²) in [7, 11) is 1.57. The number of rotatable bonds is 3. The van der Waals surface area contributed by atoms with Gasteiger partial charge in [-0.2, -0.15) is 0 Å². The van der Waals surface area contributed by atoms with Gasteiger partial charge in [0.25, 0.3) is 0 Å². The summed E-state index contributed by atoms with van der Waals surface area (Å²) in [5.41, 5.74) is 0. The van der Waals surface area contributed by atoms with Crippen molar-refractivity contribution in [2.24, 2.45) is 0 Å². The lowest BCUT2D eigenvalue weighted by atomic mass is 10.3. The summed E-state index contributed by atoms with van der Waals surface area (Å²) < 4.78 is 11.8. The van der Waals surface area contributed by atoms with Crippen molar-refractivity contribution in [2.75, 3.05) is 7.11 Å². The molecule has 2 aromatic rings. The van der Waals surface area contributed by atoms with Crippen molar-refractivity contribution in [2.45, 2.75) is 0 Å². The third-order valence-electron chi connectivity index (χ3n) is 2.04. The highest BCUT2D eigenvalue weighted by Gasteiger charge is 2.06. The molecule has 0 aliphatic carbocycles. The third kappa shape index (κ3) is 3.23. The Morgan fingerprint density at radius 1 is 1.18 bits per heavy atom. The smallest absolute Gasteiger partial charge is 0.219 e. The number of ether oxygens (including phenoxy) is 2. The van der Waals surface area contributed by atoms with Gasteiger partial charge in [-0.15, -0.1) is 0 Å². The van der Waals surface area contributed by atoms with E-state index >= 15 is 0 Å². The van der Waals surface area contributed by atoms with E-state index in [0.29, 0.717) is 22.4 Å². The van der Waals surface area contributed by atoms with Crippen molar-refractivity contribution in [1.82, 2.24) is 4.98 Å². The fourth-order valence-corrected chi connectivity index (χ4v) is 1.74. The number of methoxy groups -OCH3 is 1. The molecule has 0 N–H and O–H groups in total. The van der Waals surface area contributed by atoms with Crippen molar-refractivity contribution >= 4 is 34.2 Å². The highest BCUT2D eigenvalue weighted by molar-refractivity contribution is 14.1. The Morgan fingerprint density at radius 2 is 2.00 bits per heavy atom. The lowest BCUT2D eigenvalue weighted by Crippen LogP contribution is -1.92. The molecule has 3 nitrogen and oxygen atoms in total. The minimum absolute atomic E-state index is 0.519. The first-order chi connectivity index (χ1) is 8.19. The van der Waals surface area contributed by atoms with Crippen LogP contribution >= 0.6 is 34.2 Å². The molecular formula is C12H9ClINO2. The van der Waals surface area contributed by atoms with Crippen LogP contribution in [0.4, 0.5) is 0 Å². The maximum Gasteiger partial charge on any atom is 0.219 e. The zero-order chi connectivity index (χ0) is 12.3. The number of pyridine rings is 1. The number of benzene rings is 1. The maximum absolute atomic E-state index is 5.87. The van der Waals surface area contributed by atoms with Crippen LogP contribution in [0.3, 0.4) is 0 Å². The Bertz CT molecular complexity index is 516. The molecule has 0 radical (unpaired) electrons. The summed E-state index contributed by atoms with van der Waals surface area (Å²) in [5, 5.41) is 0.602. The van der Waals surface area contributed by atoms with E-state index in [9.17, 15) is 0 Å². The molecule has 0 unspecified atom stereocenters. The number of nitrogens with zero attached hydrogens (tertiary/aromatic N) is 1. The number of hydrogen-bond acceptors (Lipinski definition) is 3. The van der Waals surface area contributed by atoms with Crippen LogP contribution in [0.2, 0.25) is 5.02 Å². The van der Waals surface area contributed by atoms with Gasteiger partial charge in [0.1, 0.15) is 0 Å². The highest BCUT2D eigenvalue weighted by atomic mass is 127. The number of halogens is 2. The van der Waals surface area contributed by atoms with E-state index in [1.165, 1.54) is 0 Å². The van der Waals surface area contributed by atoms with E-state index in [1.54, 1.807) is 37.6 Å². The first-order valence-corrected chi connectivity index (χ1v) is 6.27.